The number of amides is 1. The van der Waals surface area contributed by atoms with Crippen molar-refractivity contribution in [3.8, 4) is 0 Å². The molecule has 0 aromatic rings. The maximum absolute atomic E-state index is 12.6. The van der Waals surface area contributed by atoms with Crippen molar-refractivity contribution >= 4 is 5.91 Å². The van der Waals surface area contributed by atoms with Gasteiger partial charge in [-0.05, 0) is 50.6 Å². The van der Waals surface area contributed by atoms with E-state index in [-0.39, 0.29) is 6.04 Å². The van der Waals surface area contributed by atoms with Crippen LogP contribution in [-0.2, 0) is 4.79 Å². The van der Waals surface area contributed by atoms with Gasteiger partial charge in [0.2, 0.25) is 5.91 Å². The fourth-order valence-corrected chi connectivity index (χ4v) is 4.14. The van der Waals surface area contributed by atoms with E-state index in [0.717, 1.165) is 32.6 Å². The van der Waals surface area contributed by atoms with Gasteiger partial charge in [-0.3, -0.25) is 9.69 Å². The van der Waals surface area contributed by atoms with Crippen LogP contribution in [0.2, 0.25) is 0 Å². The summed E-state index contributed by atoms with van der Waals surface area (Å²) in [5.41, 5.74) is 6.21. The highest BCUT2D eigenvalue weighted by molar-refractivity contribution is 5.82. The van der Waals surface area contributed by atoms with E-state index in [1.807, 2.05) is 0 Å². The molecule has 1 unspecified atom stereocenters. The Bertz CT molecular complexity index is 319. The molecule has 0 spiro atoms. The predicted octanol–water partition coefficient (Wildman–Crippen LogP) is 0.666. The number of rotatable bonds is 2. The molecule has 3 aliphatic rings. The highest BCUT2D eigenvalue weighted by Crippen LogP contribution is 2.36. The quantitative estimate of drug-likeness (QED) is 0.784. The van der Waals surface area contributed by atoms with Crippen LogP contribution in [0.25, 0.3) is 0 Å². The molecule has 0 aromatic heterocycles. The van der Waals surface area contributed by atoms with Gasteiger partial charge < -0.3 is 10.6 Å². The van der Waals surface area contributed by atoms with Gasteiger partial charge in [0.15, 0.2) is 0 Å². The number of likely N-dealkylation sites (tertiary alicyclic amines) is 2. The number of likely N-dealkylation sites (N-methyl/N-ethyl adjacent to an activating group) is 1. The SMILES string of the molecule is CCN1CCC[C@H]1C(=O)N1C[C@H]2CC[C@@H](C1)C2N. The molecule has 2 heterocycles. The Morgan fingerprint density at radius 3 is 2.50 bits per heavy atom. The van der Waals surface area contributed by atoms with Crippen LogP contribution in [0, 0.1) is 11.8 Å². The van der Waals surface area contributed by atoms with E-state index in [1.54, 1.807) is 0 Å². The topological polar surface area (TPSA) is 49.6 Å². The molecule has 1 saturated carbocycles. The first-order valence-electron chi connectivity index (χ1n) is 7.49. The van der Waals surface area contributed by atoms with Crippen molar-refractivity contribution in [1.29, 1.82) is 0 Å². The lowest BCUT2D eigenvalue weighted by Crippen LogP contribution is -2.54. The van der Waals surface area contributed by atoms with Crippen LogP contribution >= 0.6 is 0 Å². The van der Waals surface area contributed by atoms with Crippen LogP contribution in [0.4, 0.5) is 0 Å². The van der Waals surface area contributed by atoms with Crippen LogP contribution in [0.5, 0.6) is 0 Å². The normalized spacial score (nSPS) is 40.4. The number of nitrogens with zero attached hydrogens (tertiary/aromatic N) is 2. The van der Waals surface area contributed by atoms with Crippen LogP contribution < -0.4 is 5.73 Å². The molecule has 0 radical (unpaired) electrons. The average molecular weight is 251 g/mol. The Hall–Kier alpha value is -0.610. The Morgan fingerprint density at radius 2 is 1.89 bits per heavy atom. The van der Waals surface area contributed by atoms with Gasteiger partial charge in [-0.2, -0.15) is 0 Å². The van der Waals surface area contributed by atoms with Gasteiger partial charge in [0.05, 0.1) is 6.04 Å². The number of hydrogen-bond acceptors (Lipinski definition) is 3. The zero-order chi connectivity index (χ0) is 12.7. The summed E-state index contributed by atoms with van der Waals surface area (Å²) in [6.07, 6.45) is 4.66. The van der Waals surface area contributed by atoms with Crippen molar-refractivity contribution in [3.63, 3.8) is 0 Å². The van der Waals surface area contributed by atoms with Crippen LogP contribution in [0.1, 0.15) is 32.6 Å². The summed E-state index contributed by atoms with van der Waals surface area (Å²) >= 11 is 0. The Morgan fingerprint density at radius 1 is 1.22 bits per heavy atom. The van der Waals surface area contributed by atoms with Gasteiger partial charge >= 0.3 is 0 Å². The van der Waals surface area contributed by atoms with Gasteiger partial charge in [0, 0.05) is 19.1 Å². The molecule has 4 heteroatoms. The molecule has 0 aromatic carbocycles. The lowest BCUT2D eigenvalue weighted by molar-refractivity contribution is -0.138. The third-order valence-corrected chi connectivity index (χ3v) is 5.27. The summed E-state index contributed by atoms with van der Waals surface area (Å²) in [7, 11) is 0. The summed E-state index contributed by atoms with van der Waals surface area (Å²) in [6.45, 7) is 6.06. The zero-order valence-electron chi connectivity index (χ0n) is 11.3. The Balaban J connectivity index is 1.67. The lowest BCUT2D eigenvalue weighted by atomic mass is 9.92. The van der Waals surface area contributed by atoms with E-state index in [4.69, 9.17) is 5.73 Å². The molecule has 1 amide bonds. The van der Waals surface area contributed by atoms with E-state index in [1.165, 1.54) is 19.3 Å². The van der Waals surface area contributed by atoms with Gasteiger partial charge in [-0.15, -0.1) is 0 Å². The molecular formula is C14H25N3O. The minimum Gasteiger partial charge on any atom is -0.341 e. The van der Waals surface area contributed by atoms with Crippen molar-refractivity contribution < 1.29 is 4.79 Å². The maximum atomic E-state index is 12.6. The highest BCUT2D eigenvalue weighted by Gasteiger charge is 2.43. The Labute approximate surface area is 109 Å². The molecule has 4 atom stereocenters. The number of hydrogen-bond donors (Lipinski definition) is 1. The average Bonchev–Trinajstić information content (AvgIpc) is 2.90. The number of carbonyl (C=O) groups is 1. The fraction of sp³-hybridized carbons (Fsp3) is 0.929. The van der Waals surface area contributed by atoms with E-state index in [9.17, 15) is 4.79 Å². The molecule has 2 aliphatic heterocycles. The summed E-state index contributed by atoms with van der Waals surface area (Å²) in [4.78, 5) is 17.1. The van der Waals surface area contributed by atoms with Gasteiger partial charge in [-0.1, -0.05) is 6.92 Å². The molecule has 2 bridgehead atoms. The summed E-state index contributed by atoms with van der Waals surface area (Å²) in [6, 6.07) is 0.503. The van der Waals surface area contributed by atoms with Crippen LogP contribution in [0.3, 0.4) is 0 Å². The van der Waals surface area contributed by atoms with Crippen molar-refractivity contribution in [2.24, 2.45) is 17.6 Å². The van der Waals surface area contributed by atoms with Crippen LogP contribution in [-0.4, -0.2) is 54.0 Å². The van der Waals surface area contributed by atoms with Crippen LogP contribution in [0.15, 0.2) is 0 Å². The molecule has 18 heavy (non-hydrogen) atoms. The minimum atomic E-state index is 0.156. The highest BCUT2D eigenvalue weighted by atomic mass is 16.2. The third kappa shape index (κ3) is 1.95. The molecular weight excluding hydrogens is 226 g/mol. The Kier molecular flexibility index (Phi) is 3.32. The van der Waals surface area contributed by atoms with Crippen molar-refractivity contribution in [3.05, 3.63) is 0 Å². The van der Waals surface area contributed by atoms with Crippen molar-refractivity contribution in [2.75, 3.05) is 26.2 Å². The molecule has 4 nitrogen and oxygen atoms in total. The zero-order valence-corrected chi connectivity index (χ0v) is 11.3. The fourth-order valence-electron chi connectivity index (χ4n) is 4.14. The summed E-state index contributed by atoms with van der Waals surface area (Å²) in [5, 5.41) is 0. The molecule has 3 rings (SSSR count). The standard InChI is InChI=1S/C14H25N3O/c1-2-16-7-3-4-12(16)14(18)17-8-10-5-6-11(9-17)13(10)15/h10-13H,2-9,15H2,1H3/t10-,11+,12-,13?/m0/s1. The van der Waals surface area contributed by atoms with Crippen molar-refractivity contribution in [2.45, 2.75) is 44.7 Å². The van der Waals surface area contributed by atoms with E-state index < -0.39 is 0 Å². The molecule has 2 N–H and O–H groups in total. The monoisotopic (exact) mass is 251 g/mol. The minimum absolute atomic E-state index is 0.156. The van der Waals surface area contributed by atoms with E-state index >= 15 is 0 Å². The molecule has 102 valence electrons. The first-order valence-corrected chi connectivity index (χ1v) is 7.49. The van der Waals surface area contributed by atoms with Gasteiger partial charge in [0.25, 0.3) is 0 Å². The first kappa shape index (κ1) is 12.4. The molecule has 1 aliphatic carbocycles. The summed E-state index contributed by atoms with van der Waals surface area (Å²) < 4.78 is 0. The molecule has 2 saturated heterocycles. The maximum Gasteiger partial charge on any atom is 0.239 e. The largest absolute Gasteiger partial charge is 0.341 e. The van der Waals surface area contributed by atoms with E-state index in [0.29, 0.717) is 23.8 Å². The van der Waals surface area contributed by atoms with E-state index in [2.05, 4.69) is 16.7 Å². The number of piperidine rings is 1. The summed E-state index contributed by atoms with van der Waals surface area (Å²) in [5.74, 6) is 1.49. The predicted molar refractivity (Wildman–Crippen MR) is 71.0 cm³/mol. The first-order chi connectivity index (χ1) is 8.70. The van der Waals surface area contributed by atoms with Gasteiger partial charge in [-0.25, -0.2) is 0 Å². The molecule has 3 fully saturated rings. The second-order valence-electron chi connectivity index (χ2n) is 6.20. The second kappa shape index (κ2) is 4.82. The number of nitrogens with two attached hydrogens (primary N) is 1. The number of carbonyl (C=O) groups excluding carboxylic acids is 1. The number of fused-ring (bicyclic) bond motifs is 2. The second-order valence-corrected chi connectivity index (χ2v) is 6.20. The van der Waals surface area contributed by atoms with Crippen molar-refractivity contribution in [1.82, 2.24) is 9.80 Å². The lowest BCUT2D eigenvalue weighted by Gasteiger charge is -2.38. The smallest absolute Gasteiger partial charge is 0.239 e. The van der Waals surface area contributed by atoms with Gasteiger partial charge in [0.1, 0.15) is 0 Å². The third-order valence-electron chi connectivity index (χ3n) is 5.27.